The Kier molecular flexibility index (Phi) is 5.85. The van der Waals surface area contributed by atoms with Gasteiger partial charge in [-0.2, -0.15) is 0 Å². The van der Waals surface area contributed by atoms with Crippen LogP contribution in [-0.2, 0) is 17.7 Å². The molecule has 156 valence electrons. The lowest BCUT2D eigenvalue weighted by atomic mass is 10.0. The number of rotatable bonds is 7. The van der Waals surface area contributed by atoms with E-state index in [0.717, 1.165) is 16.7 Å². The number of hydrogen-bond donors (Lipinski definition) is 2. The minimum Gasteiger partial charge on any atom is -0.462 e. The van der Waals surface area contributed by atoms with E-state index in [1.165, 1.54) is 10.8 Å². The molecule has 1 aromatic heterocycles. The van der Waals surface area contributed by atoms with Crippen LogP contribution >= 0.6 is 0 Å². The molecule has 0 aliphatic heterocycles. The van der Waals surface area contributed by atoms with Gasteiger partial charge in [-0.1, -0.05) is 54.6 Å². The molecule has 3 N–H and O–H groups in total. The quantitative estimate of drug-likeness (QED) is 0.262. The van der Waals surface area contributed by atoms with E-state index >= 15 is 0 Å². The number of carbonyl (C=O) groups is 1. The molecule has 4 rings (SSSR count). The van der Waals surface area contributed by atoms with Gasteiger partial charge in [-0.3, -0.25) is 5.41 Å². The average molecular weight is 412 g/mol. The summed E-state index contributed by atoms with van der Waals surface area (Å²) in [6.07, 6.45) is 4.42. The molecule has 0 aliphatic rings. The number of esters is 1. The smallest absolute Gasteiger partial charge is 0.339 e. The maximum absolute atomic E-state index is 12.6. The molecule has 0 radical (unpaired) electrons. The first kappa shape index (κ1) is 20.4. The Bertz CT molecular complexity index is 1260. The van der Waals surface area contributed by atoms with Crippen LogP contribution < -0.4 is 5.73 Å². The van der Waals surface area contributed by atoms with Gasteiger partial charge in [0, 0.05) is 24.5 Å². The SMILES string of the molecule is CCOC(=O)c1cn(Cc2ccc3ccccc3c2)cc1Cc1cccc(C(=N)N)c1. The van der Waals surface area contributed by atoms with Crippen molar-refractivity contribution in [2.75, 3.05) is 6.61 Å². The number of ether oxygens (including phenoxy) is 1. The summed E-state index contributed by atoms with van der Waals surface area (Å²) >= 11 is 0. The lowest BCUT2D eigenvalue weighted by molar-refractivity contribution is 0.0525. The molecule has 0 saturated carbocycles. The van der Waals surface area contributed by atoms with E-state index in [1.807, 2.05) is 53.4 Å². The fraction of sp³-hybridized carbons (Fsp3) is 0.154. The summed E-state index contributed by atoms with van der Waals surface area (Å²) in [5.74, 6) is -0.293. The summed E-state index contributed by atoms with van der Waals surface area (Å²) < 4.78 is 7.31. The van der Waals surface area contributed by atoms with Crippen LogP contribution in [0.1, 0.15) is 39.5 Å². The molecule has 0 bridgehead atoms. The van der Waals surface area contributed by atoms with Crippen molar-refractivity contribution in [3.05, 3.63) is 107 Å². The molecule has 0 amide bonds. The lowest BCUT2D eigenvalue weighted by Crippen LogP contribution is -2.11. The van der Waals surface area contributed by atoms with Crippen molar-refractivity contribution < 1.29 is 9.53 Å². The Morgan fingerprint density at radius 3 is 2.55 bits per heavy atom. The summed E-state index contributed by atoms with van der Waals surface area (Å²) in [5, 5.41) is 10.1. The maximum Gasteiger partial charge on any atom is 0.339 e. The summed E-state index contributed by atoms with van der Waals surface area (Å²) in [4.78, 5) is 12.6. The second-order valence-electron chi connectivity index (χ2n) is 7.56. The van der Waals surface area contributed by atoms with Crippen LogP contribution in [0.2, 0.25) is 0 Å². The number of fused-ring (bicyclic) bond motifs is 1. The normalized spacial score (nSPS) is 10.9. The Morgan fingerprint density at radius 2 is 1.77 bits per heavy atom. The van der Waals surface area contributed by atoms with Gasteiger partial charge in [-0.25, -0.2) is 4.79 Å². The van der Waals surface area contributed by atoms with Crippen molar-refractivity contribution in [3.8, 4) is 0 Å². The summed E-state index contributed by atoms with van der Waals surface area (Å²) in [5.41, 5.74) is 9.90. The monoisotopic (exact) mass is 411 g/mol. The maximum atomic E-state index is 12.6. The van der Waals surface area contributed by atoms with Gasteiger partial charge in [0.2, 0.25) is 0 Å². The topological polar surface area (TPSA) is 81.1 Å². The third kappa shape index (κ3) is 4.67. The number of carbonyl (C=O) groups excluding carboxylic acids is 1. The fourth-order valence-electron chi connectivity index (χ4n) is 3.80. The van der Waals surface area contributed by atoms with E-state index in [2.05, 4.69) is 30.3 Å². The molecule has 3 aromatic carbocycles. The van der Waals surface area contributed by atoms with Gasteiger partial charge in [0.05, 0.1) is 12.2 Å². The molecule has 0 aliphatic carbocycles. The lowest BCUT2D eigenvalue weighted by Gasteiger charge is -2.06. The zero-order valence-electron chi connectivity index (χ0n) is 17.5. The van der Waals surface area contributed by atoms with Crippen molar-refractivity contribution in [2.24, 2.45) is 5.73 Å². The van der Waals surface area contributed by atoms with Gasteiger partial charge < -0.3 is 15.0 Å². The number of nitrogens with zero attached hydrogens (tertiary/aromatic N) is 1. The summed E-state index contributed by atoms with van der Waals surface area (Å²) in [6.45, 7) is 2.79. The van der Waals surface area contributed by atoms with E-state index in [4.69, 9.17) is 15.9 Å². The van der Waals surface area contributed by atoms with Crippen molar-refractivity contribution >= 4 is 22.6 Å². The van der Waals surface area contributed by atoms with Gasteiger partial charge in [0.15, 0.2) is 0 Å². The van der Waals surface area contributed by atoms with Gasteiger partial charge in [-0.05, 0) is 52.9 Å². The van der Waals surface area contributed by atoms with E-state index in [-0.39, 0.29) is 11.8 Å². The van der Waals surface area contributed by atoms with E-state index in [9.17, 15) is 4.79 Å². The zero-order valence-corrected chi connectivity index (χ0v) is 17.5. The van der Waals surface area contributed by atoms with Crippen molar-refractivity contribution in [2.45, 2.75) is 19.9 Å². The van der Waals surface area contributed by atoms with Crippen LogP contribution in [0, 0.1) is 5.41 Å². The van der Waals surface area contributed by atoms with Gasteiger partial charge in [0.1, 0.15) is 5.84 Å². The highest BCUT2D eigenvalue weighted by molar-refractivity contribution is 5.95. The Labute approximate surface area is 181 Å². The number of amidine groups is 1. The van der Waals surface area contributed by atoms with Crippen LogP contribution in [0.5, 0.6) is 0 Å². The highest BCUT2D eigenvalue weighted by Gasteiger charge is 2.17. The molecule has 31 heavy (non-hydrogen) atoms. The highest BCUT2D eigenvalue weighted by atomic mass is 16.5. The Morgan fingerprint density at radius 1 is 0.968 bits per heavy atom. The predicted octanol–water partition coefficient (Wildman–Crippen LogP) is 4.74. The van der Waals surface area contributed by atoms with E-state index < -0.39 is 0 Å². The van der Waals surface area contributed by atoms with Crippen LogP contribution in [0.4, 0.5) is 0 Å². The third-order valence-corrected chi connectivity index (χ3v) is 5.27. The molecule has 5 heteroatoms. The number of benzene rings is 3. The van der Waals surface area contributed by atoms with Crippen molar-refractivity contribution in [3.63, 3.8) is 0 Å². The molecular weight excluding hydrogens is 386 g/mol. The highest BCUT2D eigenvalue weighted by Crippen LogP contribution is 2.21. The van der Waals surface area contributed by atoms with Crippen molar-refractivity contribution in [1.82, 2.24) is 4.57 Å². The Hall–Kier alpha value is -3.86. The van der Waals surface area contributed by atoms with Crippen LogP contribution in [0.25, 0.3) is 10.8 Å². The molecule has 0 saturated heterocycles. The molecule has 0 spiro atoms. The van der Waals surface area contributed by atoms with Gasteiger partial charge in [-0.15, -0.1) is 0 Å². The second kappa shape index (κ2) is 8.88. The number of nitrogens with two attached hydrogens (primary N) is 1. The van der Waals surface area contributed by atoms with E-state index in [1.54, 1.807) is 6.92 Å². The zero-order chi connectivity index (χ0) is 21.8. The Balaban J connectivity index is 1.65. The summed E-state index contributed by atoms with van der Waals surface area (Å²) in [6, 6.07) is 22.2. The number of nitrogen functional groups attached to an aromatic ring is 1. The fourth-order valence-corrected chi connectivity index (χ4v) is 3.80. The van der Waals surface area contributed by atoms with Crippen LogP contribution in [0.15, 0.2) is 79.1 Å². The van der Waals surface area contributed by atoms with Crippen molar-refractivity contribution in [1.29, 1.82) is 5.41 Å². The van der Waals surface area contributed by atoms with E-state index in [0.29, 0.717) is 30.7 Å². The first-order valence-corrected chi connectivity index (χ1v) is 10.3. The largest absolute Gasteiger partial charge is 0.462 e. The molecule has 4 aromatic rings. The third-order valence-electron chi connectivity index (χ3n) is 5.27. The molecule has 1 heterocycles. The van der Waals surface area contributed by atoms with Gasteiger partial charge in [0.25, 0.3) is 0 Å². The summed E-state index contributed by atoms with van der Waals surface area (Å²) in [7, 11) is 0. The van der Waals surface area contributed by atoms with Crippen LogP contribution in [-0.4, -0.2) is 23.0 Å². The second-order valence-corrected chi connectivity index (χ2v) is 7.56. The standard InChI is InChI=1S/C26H25N3O2/c1-2-31-26(30)24-17-29(15-19-10-11-20-7-3-4-8-21(20)14-19)16-23(24)13-18-6-5-9-22(12-18)25(27)28/h3-12,14,16-17H,2,13,15H2,1H3,(H3,27,28). The first-order chi connectivity index (χ1) is 15.0. The van der Waals surface area contributed by atoms with Crippen LogP contribution in [0.3, 0.4) is 0 Å². The number of aromatic nitrogens is 1. The molecule has 5 nitrogen and oxygen atoms in total. The minimum atomic E-state index is -0.322. The first-order valence-electron chi connectivity index (χ1n) is 10.3. The number of nitrogens with one attached hydrogen (secondary N) is 1. The molecule has 0 unspecified atom stereocenters. The minimum absolute atomic E-state index is 0.0290. The molecule has 0 atom stereocenters. The predicted molar refractivity (Wildman–Crippen MR) is 124 cm³/mol. The molecule has 0 fully saturated rings. The van der Waals surface area contributed by atoms with Gasteiger partial charge >= 0.3 is 5.97 Å². The average Bonchev–Trinajstić information content (AvgIpc) is 3.16. The number of hydrogen-bond acceptors (Lipinski definition) is 3. The molecular formula is C26H25N3O2.